The first kappa shape index (κ1) is 17.4. The maximum atomic E-state index is 12.9. The number of nitrogens with zero attached hydrogens (tertiary/aromatic N) is 3. The standard InChI is InChI=1S/C18H17N3O2S2/c1-4-10-20-17(23)15(25-18(20)24)11-14-12(2)19(3)21(16(14)22)13-8-6-5-7-9-13/h4-9,11H,1,10H2,2-3H3/b15-11-. The molecule has 0 bridgehead atoms. The normalized spacial score (nSPS) is 16.1. The van der Waals surface area contributed by atoms with Crippen molar-refractivity contribution in [1.29, 1.82) is 0 Å². The SMILES string of the molecule is C=CCN1C(=O)/C(=C/c2c(C)n(C)n(-c3ccccc3)c2=O)SC1=S. The number of hydrogen-bond acceptors (Lipinski definition) is 4. The van der Waals surface area contributed by atoms with E-state index in [1.807, 2.05) is 44.3 Å². The first-order valence-electron chi connectivity index (χ1n) is 7.66. The molecule has 0 radical (unpaired) electrons. The molecule has 0 unspecified atom stereocenters. The number of carbonyl (C=O) groups is 1. The van der Waals surface area contributed by atoms with E-state index in [0.29, 0.717) is 21.3 Å². The summed E-state index contributed by atoms with van der Waals surface area (Å²) in [4.78, 5) is 27.3. The monoisotopic (exact) mass is 371 g/mol. The van der Waals surface area contributed by atoms with Crippen molar-refractivity contribution in [2.45, 2.75) is 6.92 Å². The Morgan fingerprint density at radius 2 is 1.92 bits per heavy atom. The van der Waals surface area contributed by atoms with Gasteiger partial charge in [-0.3, -0.25) is 19.2 Å². The van der Waals surface area contributed by atoms with E-state index in [9.17, 15) is 9.59 Å². The fourth-order valence-electron chi connectivity index (χ4n) is 2.67. The van der Waals surface area contributed by atoms with Gasteiger partial charge in [0.1, 0.15) is 4.32 Å². The molecular weight excluding hydrogens is 354 g/mol. The summed E-state index contributed by atoms with van der Waals surface area (Å²) in [5.41, 5.74) is 1.88. The lowest BCUT2D eigenvalue weighted by atomic mass is 10.2. The van der Waals surface area contributed by atoms with E-state index in [1.54, 1.807) is 21.5 Å². The van der Waals surface area contributed by atoms with Gasteiger partial charge in [0.05, 0.1) is 16.2 Å². The lowest BCUT2D eigenvalue weighted by molar-refractivity contribution is -0.121. The maximum Gasteiger partial charge on any atom is 0.278 e. The minimum atomic E-state index is -0.191. The van der Waals surface area contributed by atoms with Gasteiger partial charge in [-0.25, -0.2) is 4.68 Å². The Kier molecular flexibility index (Phi) is 4.78. The minimum absolute atomic E-state index is 0.166. The largest absolute Gasteiger partial charge is 0.289 e. The molecule has 1 aromatic carbocycles. The first-order chi connectivity index (χ1) is 12.0. The average molecular weight is 371 g/mol. The van der Waals surface area contributed by atoms with Crippen LogP contribution in [0.4, 0.5) is 0 Å². The lowest BCUT2D eigenvalue weighted by Gasteiger charge is -2.10. The van der Waals surface area contributed by atoms with Gasteiger partial charge in [-0.05, 0) is 25.1 Å². The third-order valence-corrected chi connectivity index (χ3v) is 5.44. The highest BCUT2D eigenvalue weighted by molar-refractivity contribution is 8.26. The molecule has 1 amide bonds. The molecule has 1 saturated heterocycles. The molecule has 1 aliphatic heterocycles. The molecule has 7 heteroatoms. The van der Waals surface area contributed by atoms with Crippen molar-refractivity contribution in [3.05, 3.63) is 69.5 Å². The Morgan fingerprint density at radius 3 is 2.56 bits per heavy atom. The summed E-state index contributed by atoms with van der Waals surface area (Å²) >= 11 is 6.45. The number of rotatable bonds is 4. The van der Waals surface area contributed by atoms with Gasteiger partial charge in [0.2, 0.25) is 0 Å². The molecule has 0 N–H and O–H groups in total. The van der Waals surface area contributed by atoms with Crippen LogP contribution in [-0.4, -0.2) is 31.0 Å². The van der Waals surface area contributed by atoms with Gasteiger partial charge in [-0.1, -0.05) is 48.3 Å². The van der Waals surface area contributed by atoms with Crippen LogP contribution in [0.15, 0.2) is 52.7 Å². The quantitative estimate of drug-likeness (QED) is 0.471. The van der Waals surface area contributed by atoms with Crippen LogP contribution < -0.4 is 5.56 Å². The molecule has 5 nitrogen and oxygen atoms in total. The molecule has 0 saturated carbocycles. The minimum Gasteiger partial charge on any atom is -0.289 e. The maximum absolute atomic E-state index is 12.9. The van der Waals surface area contributed by atoms with Crippen molar-refractivity contribution >= 4 is 40.3 Å². The Hall–Kier alpha value is -2.38. The van der Waals surface area contributed by atoms with Crippen molar-refractivity contribution in [3.8, 4) is 5.69 Å². The third-order valence-electron chi connectivity index (χ3n) is 4.06. The molecule has 0 spiro atoms. The zero-order valence-electron chi connectivity index (χ0n) is 13.9. The summed E-state index contributed by atoms with van der Waals surface area (Å²) in [6, 6.07) is 9.40. The number of hydrogen-bond donors (Lipinski definition) is 0. The molecule has 25 heavy (non-hydrogen) atoms. The number of thiocarbonyl (C=S) groups is 1. The van der Waals surface area contributed by atoms with Crippen LogP contribution in [0, 0.1) is 6.92 Å². The van der Waals surface area contributed by atoms with E-state index in [2.05, 4.69) is 6.58 Å². The predicted octanol–water partition coefficient (Wildman–Crippen LogP) is 2.87. The van der Waals surface area contributed by atoms with Gasteiger partial charge >= 0.3 is 0 Å². The Bertz CT molecular complexity index is 955. The molecule has 3 rings (SSSR count). The van der Waals surface area contributed by atoms with Crippen LogP contribution in [0.3, 0.4) is 0 Å². The van der Waals surface area contributed by atoms with Crippen molar-refractivity contribution < 1.29 is 4.79 Å². The predicted molar refractivity (Wildman–Crippen MR) is 106 cm³/mol. The molecule has 0 aliphatic carbocycles. The molecular formula is C18H17N3O2S2. The van der Waals surface area contributed by atoms with Crippen LogP contribution in [0.5, 0.6) is 0 Å². The number of benzene rings is 1. The highest BCUT2D eigenvalue weighted by Crippen LogP contribution is 2.32. The van der Waals surface area contributed by atoms with Crippen LogP contribution in [0.25, 0.3) is 11.8 Å². The number of amides is 1. The average Bonchev–Trinajstić information content (AvgIpc) is 2.98. The number of carbonyl (C=O) groups excluding carboxylic acids is 1. The Morgan fingerprint density at radius 1 is 1.24 bits per heavy atom. The third kappa shape index (κ3) is 3.01. The zero-order valence-corrected chi connectivity index (χ0v) is 15.6. The summed E-state index contributed by atoms with van der Waals surface area (Å²) < 4.78 is 3.85. The van der Waals surface area contributed by atoms with E-state index >= 15 is 0 Å². The van der Waals surface area contributed by atoms with E-state index < -0.39 is 0 Å². The van der Waals surface area contributed by atoms with Crippen molar-refractivity contribution in [3.63, 3.8) is 0 Å². The van der Waals surface area contributed by atoms with Crippen LogP contribution in [-0.2, 0) is 11.8 Å². The zero-order chi connectivity index (χ0) is 18.1. The second-order valence-corrected chi connectivity index (χ2v) is 7.23. The summed E-state index contributed by atoms with van der Waals surface area (Å²) in [5, 5.41) is 0. The molecule has 1 aromatic heterocycles. The molecule has 2 heterocycles. The van der Waals surface area contributed by atoms with Gasteiger partial charge in [-0.2, -0.15) is 0 Å². The highest BCUT2D eigenvalue weighted by Gasteiger charge is 2.31. The first-order valence-corrected chi connectivity index (χ1v) is 8.88. The number of para-hydroxylation sites is 1. The van der Waals surface area contributed by atoms with Crippen molar-refractivity contribution in [2.75, 3.05) is 6.54 Å². The molecule has 2 aromatic rings. The van der Waals surface area contributed by atoms with Gasteiger partial charge in [0.25, 0.3) is 11.5 Å². The van der Waals surface area contributed by atoms with E-state index in [4.69, 9.17) is 12.2 Å². The van der Waals surface area contributed by atoms with Gasteiger partial charge in [0, 0.05) is 19.3 Å². The smallest absolute Gasteiger partial charge is 0.278 e. The highest BCUT2D eigenvalue weighted by atomic mass is 32.2. The fourth-order valence-corrected chi connectivity index (χ4v) is 3.93. The van der Waals surface area contributed by atoms with E-state index in [1.165, 1.54) is 16.7 Å². The molecule has 0 atom stereocenters. The van der Waals surface area contributed by atoms with E-state index in [-0.39, 0.29) is 11.5 Å². The molecule has 1 fully saturated rings. The lowest BCUT2D eigenvalue weighted by Crippen LogP contribution is -2.27. The second-order valence-electron chi connectivity index (χ2n) is 5.56. The number of thioether (sulfide) groups is 1. The summed E-state index contributed by atoms with van der Waals surface area (Å²) in [5.74, 6) is -0.191. The van der Waals surface area contributed by atoms with Gasteiger partial charge in [-0.15, -0.1) is 6.58 Å². The van der Waals surface area contributed by atoms with E-state index in [0.717, 1.165) is 11.4 Å². The fraction of sp³-hybridized carbons (Fsp3) is 0.167. The van der Waals surface area contributed by atoms with Crippen LogP contribution in [0.2, 0.25) is 0 Å². The summed E-state index contributed by atoms with van der Waals surface area (Å²) in [7, 11) is 1.82. The second kappa shape index (κ2) is 6.85. The topological polar surface area (TPSA) is 47.2 Å². The Labute approximate surface area is 155 Å². The summed E-state index contributed by atoms with van der Waals surface area (Å²) in [6.07, 6.45) is 3.27. The van der Waals surface area contributed by atoms with Crippen LogP contribution >= 0.6 is 24.0 Å². The number of aromatic nitrogens is 2. The molecule has 1 aliphatic rings. The van der Waals surface area contributed by atoms with Gasteiger partial charge < -0.3 is 0 Å². The summed E-state index contributed by atoms with van der Waals surface area (Å²) in [6.45, 7) is 5.86. The van der Waals surface area contributed by atoms with Gasteiger partial charge in [0.15, 0.2) is 0 Å². The van der Waals surface area contributed by atoms with Crippen molar-refractivity contribution in [2.24, 2.45) is 7.05 Å². The molecule has 128 valence electrons. The van der Waals surface area contributed by atoms with Crippen LogP contribution in [0.1, 0.15) is 11.3 Å². The van der Waals surface area contributed by atoms with Crippen molar-refractivity contribution in [1.82, 2.24) is 14.3 Å². The Balaban J connectivity index is 2.08.